The summed E-state index contributed by atoms with van der Waals surface area (Å²) in [6.07, 6.45) is 7.94. The van der Waals surface area contributed by atoms with Crippen LogP contribution in [-0.2, 0) is 23.7 Å². The molecule has 0 saturated carbocycles. The molecule has 4 heterocycles. The molecule has 6 aromatic carbocycles. The molecule has 0 saturated heterocycles. The second-order valence-corrected chi connectivity index (χ2v) is 15.8. The van der Waals surface area contributed by atoms with E-state index in [1.54, 1.807) is 12.7 Å². The molecule has 2 aliphatic heterocycles. The third kappa shape index (κ3) is 4.24. The molecule has 2 aromatic heterocycles. The molecule has 0 bridgehead atoms. The summed E-state index contributed by atoms with van der Waals surface area (Å²) in [7, 11) is 0. The molecule has 0 radical (unpaired) electrons. The lowest BCUT2D eigenvalue weighted by Crippen LogP contribution is -2.67. The molecular formula is C49H39BN4. The van der Waals surface area contributed by atoms with Crippen LogP contribution in [0.3, 0.4) is 0 Å². The molecule has 0 amide bonds. The first-order valence-corrected chi connectivity index (χ1v) is 19.3. The summed E-state index contributed by atoms with van der Waals surface area (Å²) in [6, 6.07) is 52.7. The summed E-state index contributed by atoms with van der Waals surface area (Å²) in [5, 5.41) is 1.40. The first kappa shape index (κ1) is 31.5. The Morgan fingerprint density at radius 2 is 1.30 bits per heavy atom. The van der Waals surface area contributed by atoms with Crippen molar-refractivity contribution < 1.29 is 0 Å². The SMILES string of the molecule is CC1(C)c2ccc(-n3c4c(c5ccccc53)CCCC4)cc2B2c3ccc(-c4ncncn4)cc3C(c3ccccc3)(c3ccccc3)c3cccc1c32. The van der Waals surface area contributed by atoms with Crippen molar-refractivity contribution in [3.05, 3.63) is 197 Å². The molecule has 11 rings (SSSR count). The molecule has 0 fully saturated rings. The highest BCUT2D eigenvalue weighted by Crippen LogP contribution is 2.49. The number of aryl methyl sites for hydroxylation is 1. The number of nitrogens with zero attached hydrogens (tertiary/aromatic N) is 4. The lowest BCUT2D eigenvalue weighted by molar-refractivity contribution is 0.640. The Hall–Kier alpha value is -6.07. The van der Waals surface area contributed by atoms with Gasteiger partial charge < -0.3 is 4.57 Å². The highest BCUT2D eigenvalue weighted by molar-refractivity contribution is 6.97. The molecule has 4 nitrogen and oxygen atoms in total. The predicted molar refractivity (Wildman–Crippen MR) is 220 cm³/mol. The van der Waals surface area contributed by atoms with E-state index in [2.05, 4.69) is 173 Å². The van der Waals surface area contributed by atoms with Crippen molar-refractivity contribution in [2.75, 3.05) is 0 Å². The van der Waals surface area contributed by atoms with Crippen LogP contribution in [0.5, 0.6) is 0 Å². The summed E-state index contributed by atoms with van der Waals surface area (Å²) in [6.45, 7) is 4.90. The fourth-order valence-corrected chi connectivity index (χ4v) is 10.6. The fourth-order valence-electron chi connectivity index (χ4n) is 10.6. The van der Waals surface area contributed by atoms with Crippen molar-refractivity contribution in [2.45, 2.75) is 50.4 Å². The average molecular weight is 695 g/mol. The van der Waals surface area contributed by atoms with Crippen molar-refractivity contribution in [2.24, 2.45) is 0 Å². The van der Waals surface area contributed by atoms with Crippen LogP contribution >= 0.6 is 0 Å². The number of fused-ring (bicyclic) bond motifs is 7. The topological polar surface area (TPSA) is 43.6 Å². The Balaban J connectivity index is 1.25. The minimum Gasteiger partial charge on any atom is -0.313 e. The zero-order chi connectivity index (χ0) is 36.0. The van der Waals surface area contributed by atoms with Crippen molar-refractivity contribution in [1.82, 2.24) is 19.5 Å². The summed E-state index contributed by atoms with van der Waals surface area (Å²) in [5.74, 6) is 0.680. The van der Waals surface area contributed by atoms with Crippen LogP contribution in [0.2, 0.25) is 0 Å². The minimum absolute atomic E-state index is 0.0415. The number of hydrogen-bond acceptors (Lipinski definition) is 3. The van der Waals surface area contributed by atoms with E-state index < -0.39 is 5.41 Å². The van der Waals surface area contributed by atoms with Crippen LogP contribution in [-0.4, -0.2) is 26.2 Å². The standard InChI is InChI=1S/C49H39BN4/c1-48(2)38-26-25-35(54-44-22-11-9-18-36(44)37-19-10-12-23-45(37)54)29-43(38)50-42-27-24-32(47-52-30-51-31-53-47)28-41(42)49(33-14-5-3-6-15-33,34-16-7-4-8-17-34)40-21-13-20-39(48)46(40)50/h3-9,11,13-18,20-22,24-31H,10,12,19,23H2,1-2H3. The number of hydrogen-bond donors (Lipinski definition) is 0. The van der Waals surface area contributed by atoms with E-state index in [0.29, 0.717) is 5.82 Å². The van der Waals surface area contributed by atoms with Gasteiger partial charge in [-0.05, 0) is 88.9 Å². The number of para-hydroxylation sites is 1. The molecule has 0 unspecified atom stereocenters. The van der Waals surface area contributed by atoms with Gasteiger partial charge in [0.05, 0.1) is 10.9 Å². The van der Waals surface area contributed by atoms with Gasteiger partial charge in [0.25, 0.3) is 0 Å². The second kappa shape index (κ2) is 11.7. The molecule has 8 aromatic rings. The quantitative estimate of drug-likeness (QED) is 0.175. The first-order chi connectivity index (χ1) is 26.6. The van der Waals surface area contributed by atoms with Crippen LogP contribution in [0.1, 0.15) is 71.3 Å². The van der Waals surface area contributed by atoms with Gasteiger partial charge in [-0.15, -0.1) is 0 Å². The highest BCUT2D eigenvalue weighted by Gasteiger charge is 2.52. The third-order valence-corrected chi connectivity index (χ3v) is 12.9. The zero-order valence-electron chi connectivity index (χ0n) is 30.6. The Labute approximate surface area is 316 Å². The smallest absolute Gasteiger partial charge is 0.242 e. The van der Waals surface area contributed by atoms with Gasteiger partial charge in [-0.2, -0.15) is 0 Å². The Morgan fingerprint density at radius 1 is 0.593 bits per heavy atom. The molecule has 0 atom stereocenters. The first-order valence-electron chi connectivity index (χ1n) is 19.3. The van der Waals surface area contributed by atoms with Gasteiger partial charge in [0.1, 0.15) is 12.7 Å². The number of rotatable bonds is 4. The Kier molecular flexibility index (Phi) is 6.83. The van der Waals surface area contributed by atoms with E-state index in [-0.39, 0.29) is 12.1 Å². The van der Waals surface area contributed by atoms with Crippen LogP contribution in [0, 0.1) is 0 Å². The molecule has 54 heavy (non-hydrogen) atoms. The average Bonchev–Trinajstić information content (AvgIpc) is 3.57. The van der Waals surface area contributed by atoms with Gasteiger partial charge in [0.2, 0.25) is 6.71 Å². The maximum atomic E-state index is 4.63. The summed E-state index contributed by atoms with van der Waals surface area (Å²) >= 11 is 0. The summed E-state index contributed by atoms with van der Waals surface area (Å²) in [5.41, 5.74) is 17.8. The monoisotopic (exact) mass is 694 g/mol. The molecule has 3 aliphatic rings. The maximum Gasteiger partial charge on any atom is 0.242 e. The largest absolute Gasteiger partial charge is 0.313 e. The number of benzene rings is 6. The van der Waals surface area contributed by atoms with E-state index in [0.717, 1.165) is 18.4 Å². The van der Waals surface area contributed by atoms with Crippen LogP contribution in [0.15, 0.2) is 152 Å². The molecule has 258 valence electrons. The van der Waals surface area contributed by atoms with Gasteiger partial charge in [-0.1, -0.05) is 145 Å². The van der Waals surface area contributed by atoms with Crippen molar-refractivity contribution in [1.29, 1.82) is 0 Å². The van der Waals surface area contributed by atoms with Gasteiger partial charge in [0.15, 0.2) is 5.82 Å². The van der Waals surface area contributed by atoms with E-state index in [9.17, 15) is 0 Å². The number of aromatic nitrogens is 4. The van der Waals surface area contributed by atoms with Crippen molar-refractivity contribution >= 4 is 34.0 Å². The molecule has 0 N–H and O–H groups in total. The Bertz CT molecular complexity index is 2710. The van der Waals surface area contributed by atoms with Gasteiger partial charge in [0, 0.05) is 27.7 Å². The lowest BCUT2D eigenvalue weighted by Gasteiger charge is -2.49. The zero-order valence-corrected chi connectivity index (χ0v) is 30.6. The fraction of sp³-hybridized carbons (Fsp3) is 0.163. The maximum absolute atomic E-state index is 4.63. The van der Waals surface area contributed by atoms with Gasteiger partial charge >= 0.3 is 0 Å². The minimum atomic E-state index is -0.580. The predicted octanol–water partition coefficient (Wildman–Crippen LogP) is 8.21. The molecule has 5 heteroatoms. The summed E-state index contributed by atoms with van der Waals surface area (Å²) in [4.78, 5) is 13.4. The van der Waals surface area contributed by atoms with E-state index in [1.807, 2.05) is 0 Å². The molecule has 0 spiro atoms. The normalized spacial score (nSPS) is 15.9. The van der Waals surface area contributed by atoms with Gasteiger partial charge in [-0.3, -0.25) is 0 Å². The van der Waals surface area contributed by atoms with Crippen LogP contribution in [0.25, 0.3) is 28.0 Å². The van der Waals surface area contributed by atoms with E-state index in [1.165, 1.54) is 90.5 Å². The molecular weight excluding hydrogens is 655 g/mol. The Morgan fingerprint density at radius 3 is 2.07 bits per heavy atom. The third-order valence-electron chi connectivity index (χ3n) is 12.9. The molecule has 1 aliphatic carbocycles. The van der Waals surface area contributed by atoms with Crippen LogP contribution < -0.4 is 16.4 Å². The summed E-state index contributed by atoms with van der Waals surface area (Å²) < 4.78 is 2.59. The lowest BCUT2D eigenvalue weighted by atomic mass is 9.26. The highest BCUT2D eigenvalue weighted by atomic mass is 15.0. The van der Waals surface area contributed by atoms with Gasteiger partial charge in [-0.25, -0.2) is 15.0 Å². The second-order valence-electron chi connectivity index (χ2n) is 15.8. The van der Waals surface area contributed by atoms with Crippen LogP contribution in [0.4, 0.5) is 0 Å². The van der Waals surface area contributed by atoms with E-state index >= 15 is 0 Å². The van der Waals surface area contributed by atoms with Crippen molar-refractivity contribution in [3.63, 3.8) is 0 Å². The van der Waals surface area contributed by atoms with E-state index in [4.69, 9.17) is 0 Å². The van der Waals surface area contributed by atoms with Crippen molar-refractivity contribution in [3.8, 4) is 17.1 Å².